The number of rotatable bonds is 8. The van der Waals surface area contributed by atoms with Gasteiger partial charge in [0.25, 0.3) is 0 Å². The lowest BCUT2D eigenvalue weighted by atomic mass is 10.0. The lowest BCUT2D eigenvalue weighted by molar-refractivity contribution is 0.163. The van der Waals surface area contributed by atoms with Crippen molar-refractivity contribution in [3.05, 3.63) is 65.2 Å². The van der Waals surface area contributed by atoms with E-state index in [1.54, 1.807) is 0 Å². The molecule has 0 aromatic heterocycles. The number of benzene rings is 2. The van der Waals surface area contributed by atoms with Gasteiger partial charge in [-0.1, -0.05) is 48.9 Å². The van der Waals surface area contributed by atoms with Crippen molar-refractivity contribution in [1.29, 1.82) is 0 Å². The Labute approximate surface area is 163 Å². The molecule has 1 heterocycles. The van der Waals surface area contributed by atoms with Crippen LogP contribution in [-0.4, -0.2) is 31.1 Å². The van der Waals surface area contributed by atoms with Gasteiger partial charge in [-0.3, -0.25) is 4.90 Å². The zero-order chi connectivity index (χ0) is 18.3. The maximum atomic E-state index is 6.18. The minimum Gasteiger partial charge on any atom is -0.493 e. The van der Waals surface area contributed by atoms with Crippen LogP contribution in [0.1, 0.15) is 54.8 Å². The highest BCUT2D eigenvalue weighted by Gasteiger charge is 2.30. The van der Waals surface area contributed by atoms with Crippen LogP contribution in [-0.2, 0) is 13.0 Å². The van der Waals surface area contributed by atoms with Gasteiger partial charge in [0.15, 0.2) is 0 Å². The lowest BCUT2D eigenvalue weighted by Gasteiger charge is -2.32. The third kappa shape index (κ3) is 4.72. The van der Waals surface area contributed by atoms with Crippen molar-refractivity contribution in [3.8, 4) is 5.75 Å². The van der Waals surface area contributed by atoms with Crippen LogP contribution in [0.15, 0.2) is 48.5 Å². The first-order valence-corrected chi connectivity index (χ1v) is 10.6. The molecule has 4 rings (SSSR count). The van der Waals surface area contributed by atoms with E-state index in [4.69, 9.17) is 4.74 Å². The summed E-state index contributed by atoms with van der Waals surface area (Å²) in [6.45, 7) is 5.23. The molecule has 0 spiro atoms. The highest BCUT2D eigenvalue weighted by molar-refractivity contribution is 5.45. The van der Waals surface area contributed by atoms with E-state index >= 15 is 0 Å². The van der Waals surface area contributed by atoms with Crippen molar-refractivity contribution in [3.63, 3.8) is 0 Å². The van der Waals surface area contributed by atoms with Crippen LogP contribution in [0.2, 0.25) is 0 Å². The molecule has 2 aromatic rings. The second-order valence-corrected chi connectivity index (χ2v) is 7.84. The van der Waals surface area contributed by atoms with E-state index in [2.05, 4.69) is 58.7 Å². The fraction of sp³-hybridized carbons (Fsp3) is 0.500. The van der Waals surface area contributed by atoms with E-state index in [9.17, 15) is 0 Å². The van der Waals surface area contributed by atoms with E-state index in [1.807, 2.05) is 0 Å². The maximum Gasteiger partial charge on any atom is 0.122 e. The molecule has 144 valence electrons. The molecule has 1 aliphatic heterocycles. The van der Waals surface area contributed by atoms with Crippen molar-refractivity contribution in [1.82, 2.24) is 10.2 Å². The van der Waals surface area contributed by atoms with Crippen LogP contribution in [0, 0.1) is 0 Å². The number of nitrogens with zero attached hydrogens (tertiary/aromatic N) is 1. The fourth-order valence-corrected chi connectivity index (χ4v) is 4.55. The number of hydrogen-bond donors (Lipinski definition) is 1. The zero-order valence-corrected chi connectivity index (χ0v) is 16.3. The van der Waals surface area contributed by atoms with E-state index in [1.165, 1.54) is 61.9 Å². The molecule has 3 nitrogen and oxygen atoms in total. The summed E-state index contributed by atoms with van der Waals surface area (Å²) in [7, 11) is 0. The number of hydrogen-bond acceptors (Lipinski definition) is 3. The molecule has 3 heteroatoms. The summed E-state index contributed by atoms with van der Waals surface area (Å²) in [6, 6.07) is 17.9. The molecule has 1 aliphatic carbocycles. The van der Waals surface area contributed by atoms with Gasteiger partial charge in [0.1, 0.15) is 5.75 Å². The highest BCUT2D eigenvalue weighted by Crippen LogP contribution is 2.41. The van der Waals surface area contributed by atoms with Gasteiger partial charge >= 0.3 is 0 Å². The second kappa shape index (κ2) is 9.38. The summed E-state index contributed by atoms with van der Waals surface area (Å²) in [5, 5.41) is 3.50. The van der Waals surface area contributed by atoms with Crippen molar-refractivity contribution >= 4 is 0 Å². The summed E-state index contributed by atoms with van der Waals surface area (Å²) in [5.41, 5.74) is 4.32. The Hall–Kier alpha value is -1.84. The summed E-state index contributed by atoms with van der Waals surface area (Å²) >= 11 is 0. The normalized spacial score (nSPS) is 19.8. The van der Waals surface area contributed by atoms with Gasteiger partial charge < -0.3 is 10.1 Å². The lowest BCUT2D eigenvalue weighted by Crippen LogP contribution is -2.32. The predicted octanol–water partition coefficient (Wildman–Crippen LogP) is 4.72. The van der Waals surface area contributed by atoms with Gasteiger partial charge in [-0.05, 0) is 74.5 Å². The standard InChI is InChI=1S/C24H32N2O/c1-3-9-20(10-4-1)19-25-15-8-18-27-24-12-7-11-21-22(24)13-14-23(21)26-16-5-2-6-17-26/h1,3-4,7,9-12,23,25H,2,5-6,8,13-19H2. The van der Waals surface area contributed by atoms with Gasteiger partial charge in [0.2, 0.25) is 0 Å². The van der Waals surface area contributed by atoms with E-state index in [-0.39, 0.29) is 0 Å². The molecule has 1 unspecified atom stereocenters. The summed E-state index contributed by atoms with van der Waals surface area (Å²) in [6.07, 6.45) is 7.58. The number of nitrogens with one attached hydrogen (secondary N) is 1. The first-order valence-electron chi connectivity index (χ1n) is 10.6. The molecule has 0 radical (unpaired) electrons. The van der Waals surface area contributed by atoms with Crippen LogP contribution >= 0.6 is 0 Å². The van der Waals surface area contributed by atoms with Gasteiger partial charge in [-0.2, -0.15) is 0 Å². The van der Waals surface area contributed by atoms with Crippen molar-refractivity contribution in [2.75, 3.05) is 26.2 Å². The molecular formula is C24H32N2O. The van der Waals surface area contributed by atoms with Crippen molar-refractivity contribution in [2.45, 2.75) is 51.1 Å². The molecule has 1 atom stereocenters. The van der Waals surface area contributed by atoms with Crippen molar-refractivity contribution in [2.24, 2.45) is 0 Å². The van der Waals surface area contributed by atoms with Gasteiger partial charge in [-0.15, -0.1) is 0 Å². The Bertz CT molecular complexity index is 710. The Morgan fingerprint density at radius 2 is 1.81 bits per heavy atom. The average Bonchev–Trinajstić information content (AvgIpc) is 3.17. The minimum atomic E-state index is 0.622. The first-order chi connectivity index (χ1) is 13.4. The summed E-state index contributed by atoms with van der Waals surface area (Å²) in [4.78, 5) is 2.70. The van der Waals surface area contributed by atoms with Gasteiger partial charge in [-0.25, -0.2) is 0 Å². The third-order valence-corrected chi connectivity index (χ3v) is 5.95. The van der Waals surface area contributed by atoms with E-state index in [0.717, 1.165) is 31.9 Å². The first kappa shape index (κ1) is 18.5. The van der Waals surface area contributed by atoms with Crippen LogP contribution in [0.4, 0.5) is 0 Å². The largest absolute Gasteiger partial charge is 0.493 e. The van der Waals surface area contributed by atoms with Gasteiger partial charge in [0.05, 0.1) is 6.61 Å². The summed E-state index contributed by atoms with van der Waals surface area (Å²) in [5.74, 6) is 1.12. The number of likely N-dealkylation sites (tertiary alicyclic amines) is 1. The topological polar surface area (TPSA) is 24.5 Å². The zero-order valence-electron chi connectivity index (χ0n) is 16.3. The van der Waals surface area contributed by atoms with E-state index < -0.39 is 0 Å². The monoisotopic (exact) mass is 364 g/mol. The molecule has 27 heavy (non-hydrogen) atoms. The molecule has 2 aliphatic rings. The molecule has 0 bridgehead atoms. The van der Waals surface area contributed by atoms with Crippen LogP contribution in [0.5, 0.6) is 5.75 Å². The molecule has 1 fully saturated rings. The van der Waals surface area contributed by atoms with Gasteiger partial charge in [0, 0.05) is 12.6 Å². The Kier molecular flexibility index (Phi) is 6.44. The third-order valence-electron chi connectivity index (χ3n) is 5.95. The van der Waals surface area contributed by atoms with Crippen LogP contribution in [0.25, 0.3) is 0 Å². The minimum absolute atomic E-state index is 0.622. The van der Waals surface area contributed by atoms with Crippen LogP contribution in [0.3, 0.4) is 0 Å². The molecule has 2 aromatic carbocycles. The fourth-order valence-electron chi connectivity index (χ4n) is 4.55. The molecule has 0 saturated carbocycles. The molecule has 1 N–H and O–H groups in total. The average molecular weight is 365 g/mol. The Balaban J connectivity index is 1.25. The Morgan fingerprint density at radius 1 is 0.963 bits per heavy atom. The molecule has 1 saturated heterocycles. The maximum absolute atomic E-state index is 6.18. The molecule has 0 amide bonds. The number of piperidine rings is 1. The highest BCUT2D eigenvalue weighted by atomic mass is 16.5. The Morgan fingerprint density at radius 3 is 2.67 bits per heavy atom. The molecular weight excluding hydrogens is 332 g/mol. The van der Waals surface area contributed by atoms with Crippen LogP contribution < -0.4 is 10.1 Å². The van der Waals surface area contributed by atoms with E-state index in [0.29, 0.717) is 6.04 Å². The predicted molar refractivity (Wildman–Crippen MR) is 111 cm³/mol. The summed E-state index contributed by atoms with van der Waals surface area (Å²) < 4.78 is 6.18. The number of ether oxygens (including phenoxy) is 1. The van der Waals surface area contributed by atoms with Crippen molar-refractivity contribution < 1.29 is 4.74 Å². The smallest absolute Gasteiger partial charge is 0.122 e. The quantitative estimate of drug-likeness (QED) is 0.686. The second-order valence-electron chi connectivity index (χ2n) is 7.84. The SMILES string of the molecule is c1ccc(CNCCCOc2cccc3c2CCC3N2CCCCC2)cc1. The number of fused-ring (bicyclic) bond motifs is 1.